The van der Waals surface area contributed by atoms with Crippen molar-refractivity contribution < 1.29 is 15.0 Å². The van der Waals surface area contributed by atoms with E-state index in [9.17, 15) is 0 Å². The maximum atomic E-state index is 8.44. The van der Waals surface area contributed by atoms with Gasteiger partial charge in [0, 0.05) is 33.4 Å². The van der Waals surface area contributed by atoms with Crippen LogP contribution in [0.1, 0.15) is 170 Å². The van der Waals surface area contributed by atoms with Crippen LogP contribution in [-0.2, 0) is 68.7 Å². The normalized spacial score (nSPS) is 11.2. The summed E-state index contributed by atoms with van der Waals surface area (Å²) in [5, 5.41) is 15.3. The van der Waals surface area contributed by atoms with E-state index in [1.54, 1.807) is 64.8 Å². The Kier molecular flexibility index (Phi) is 20.6. The van der Waals surface area contributed by atoms with Crippen molar-refractivity contribution in [2.75, 3.05) is 0 Å². The van der Waals surface area contributed by atoms with Crippen LogP contribution in [0, 0.1) is 0 Å². The molecule has 0 aliphatic heterocycles. The van der Waals surface area contributed by atoms with Crippen LogP contribution in [0.25, 0.3) is 0 Å². The fraction of sp³-hybridized carbons (Fsp3) is 0.587. The summed E-state index contributed by atoms with van der Waals surface area (Å²) in [6.07, 6.45) is 19.3. The molecule has 3 aromatic carbocycles. The molecule has 0 fully saturated rings. The molecule has 0 aliphatic carbocycles. The van der Waals surface area contributed by atoms with Gasteiger partial charge in [0.1, 0.15) is 10.9 Å². The molecule has 3 aromatic rings. The van der Waals surface area contributed by atoms with Crippen LogP contribution in [0.15, 0.2) is 51.1 Å². The molecular formula is C46H70O3S. The molecule has 4 heteroatoms. The Hall–Kier alpha value is -2.72. The minimum Gasteiger partial charge on any atom is -0.565 e. The van der Waals surface area contributed by atoms with Crippen molar-refractivity contribution in [3.8, 4) is 0 Å². The van der Waals surface area contributed by atoms with Gasteiger partial charge in [-0.15, -0.1) is 0 Å². The fourth-order valence-electron chi connectivity index (χ4n) is 7.60. The molecule has 0 unspecified atom stereocenters. The summed E-state index contributed by atoms with van der Waals surface area (Å²) in [5.74, 6) is 0. The van der Waals surface area contributed by atoms with Gasteiger partial charge in [0.25, 0.3) is 0 Å². The quantitative estimate of drug-likeness (QED) is 0.112. The zero-order chi connectivity index (χ0) is 37.1. The molecule has 0 aromatic heterocycles. The second-order valence-electron chi connectivity index (χ2n) is 14.1. The summed E-state index contributed by atoms with van der Waals surface area (Å²) in [5.41, 5.74) is 14.5. The Morgan fingerprint density at radius 2 is 0.580 bits per heavy atom. The second-order valence-corrected chi connectivity index (χ2v) is 15.9. The number of hydrogen-bond acceptors (Lipinski definition) is 2. The van der Waals surface area contributed by atoms with Crippen molar-refractivity contribution in [3.05, 3.63) is 86.5 Å². The van der Waals surface area contributed by atoms with Gasteiger partial charge in [-0.2, -0.15) is 0 Å². The van der Waals surface area contributed by atoms with Crippen LogP contribution < -0.4 is 5.11 Å². The van der Waals surface area contributed by atoms with Crippen molar-refractivity contribution in [2.45, 2.75) is 193 Å². The first kappa shape index (κ1) is 43.4. The van der Waals surface area contributed by atoms with E-state index in [2.05, 4.69) is 98.7 Å². The fourth-order valence-corrected chi connectivity index (χ4v) is 10.8. The Morgan fingerprint density at radius 3 is 0.720 bits per heavy atom. The second kappa shape index (κ2) is 23.7. The summed E-state index contributed by atoms with van der Waals surface area (Å²) >= 11 is 0. The van der Waals surface area contributed by atoms with Gasteiger partial charge in [-0.05, 0) is 74.5 Å². The van der Waals surface area contributed by atoms with Crippen LogP contribution in [0.3, 0.4) is 0 Å². The Labute approximate surface area is 310 Å². The summed E-state index contributed by atoms with van der Waals surface area (Å²) in [7, 11) is -0.129. The number of benzene rings is 3. The van der Waals surface area contributed by atoms with Crippen molar-refractivity contribution in [2.24, 2.45) is 0 Å². The Balaban J connectivity index is 0.00000205. The first-order valence-electron chi connectivity index (χ1n) is 20.3. The maximum absolute atomic E-state index is 8.44. The highest BCUT2D eigenvalue weighted by Crippen LogP contribution is 2.45. The zero-order valence-electron chi connectivity index (χ0n) is 33.4. The van der Waals surface area contributed by atoms with E-state index in [4.69, 9.17) is 15.0 Å². The number of carbonyl (C=O) groups is 1. The number of hydrogen-bond donors (Lipinski definition) is 1. The van der Waals surface area contributed by atoms with Gasteiger partial charge in [-0.1, -0.05) is 156 Å². The van der Waals surface area contributed by atoms with Crippen LogP contribution in [0.4, 0.5) is 4.79 Å². The summed E-state index contributed by atoms with van der Waals surface area (Å²) in [6.45, 7) is 21.4. The highest BCUT2D eigenvalue weighted by Gasteiger charge is 2.41. The van der Waals surface area contributed by atoms with E-state index in [-0.39, 0.29) is 10.9 Å². The van der Waals surface area contributed by atoms with E-state index in [1.807, 2.05) is 0 Å². The summed E-state index contributed by atoms with van der Waals surface area (Å²) in [6, 6.07) is 15.9. The first-order valence-corrected chi connectivity index (χ1v) is 21.5. The molecule has 3 rings (SSSR count). The third kappa shape index (κ3) is 12.5. The predicted molar refractivity (Wildman–Crippen MR) is 215 cm³/mol. The molecule has 0 bridgehead atoms. The molecule has 0 heterocycles. The number of aryl methyl sites for hydroxylation is 9. The van der Waals surface area contributed by atoms with Crippen molar-refractivity contribution in [1.29, 1.82) is 0 Å². The lowest BCUT2D eigenvalue weighted by atomic mass is 9.97. The van der Waals surface area contributed by atoms with Crippen LogP contribution >= 0.6 is 0 Å². The molecule has 0 atom stereocenters. The lowest BCUT2D eigenvalue weighted by Crippen LogP contribution is -2.20. The van der Waals surface area contributed by atoms with E-state index >= 15 is 0 Å². The molecular weight excluding hydrogens is 633 g/mol. The van der Waals surface area contributed by atoms with Gasteiger partial charge >= 0.3 is 0 Å². The molecule has 0 radical (unpaired) electrons. The zero-order valence-corrected chi connectivity index (χ0v) is 34.2. The lowest BCUT2D eigenvalue weighted by molar-refractivity contribution is -0.275. The SMILES string of the molecule is CCCc1cc(CCC)c([S+](c2c(CCC)cc(CCC)cc2CCC)c2c(CCC)cc(CCC)cc2CCC)c(CCC)c1.O=C([O-])O. The van der Waals surface area contributed by atoms with Gasteiger partial charge < -0.3 is 15.0 Å². The Morgan fingerprint density at radius 1 is 0.420 bits per heavy atom. The smallest absolute Gasteiger partial charge is 0.249 e. The van der Waals surface area contributed by atoms with E-state index in [0.29, 0.717) is 0 Å². The van der Waals surface area contributed by atoms with Gasteiger partial charge in [0.2, 0.25) is 6.16 Å². The molecule has 278 valence electrons. The molecule has 0 saturated heterocycles. The molecule has 1 N–H and O–H groups in total. The molecule has 50 heavy (non-hydrogen) atoms. The van der Waals surface area contributed by atoms with E-state index < -0.39 is 6.16 Å². The number of carboxylic acid groups (broad SMARTS) is 2. The summed E-state index contributed by atoms with van der Waals surface area (Å²) < 4.78 is 0. The molecule has 3 nitrogen and oxygen atoms in total. The average Bonchev–Trinajstić information content (AvgIpc) is 3.05. The van der Waals surface area contributed by atoms with E-state index in [0.717, 1.165) is 0 Å². The highest BCUT2D eigenvalue weighted by atomic mass is 32.2. The number of rotatable bonds is 21. The van der Waals surface area contributed by atoms with Gasteiger partial charge in [-0.25, -0.2) is 0 Å². The molecule has 0 spiro atoms. The van der Waals surface area contributed by atoms with Crippen molar-refractivity contribution >= 4 is 17.1 Å². The van der Waals surface area contributed by atoms with Gasteiger partial charge in [0.05, 0.1) is 0 Å². The monoisotopic (exact) mass is 703 g/mol. The standard InChI is InChI=1S/C45H69S.CH2O3/c1-10-19-34-28-37(22-13-4)43(38(29-34)23-14-5)46(44-39(24-15-6)30-35(20-11-2)31-40(44)25-16-7)45-41(26-17-8)32-36(21-12-3)33-42(45)27-18-9;2-1(3)4/h28-33H,10-27H2,1-9H3;(H2,2,3,4)/q+1;/p-1. The third-order valence-corrected chi connectivity index (χ3v) is 12.0. The lowest BCUT2D eigenvalue weighted by Gasteiger charge is -2.25. The van der Waals surface area contributed by atoms with Crippen LogP contribution in [0.5, 0.6) is 0 Å². The predicted octanol–water partition coefficient (Wildman–Crippen LogP) is 12.2. The molecule has 0 aliphatic rings. The molecule has 0 amide bonds. The average molecular weight is 703 g/mol. The maximum Gasteiger partial charge on any atom is 0.249 e. The van der Waals surface area contributed by atoms with Crippen molar-refractivity contribution in [1.82, 2.24) is 0 Å². The van der Waals surface area contributed by atoms with Crippen molar-refractivity contribution in [3.63, 3.8) is 0 Å². The highest BCUT2D eigenvalue weighted by molar-refractivity contribution is 7.97. The van der Waals surface area contributed by atoms with Gasteiger partial charge in [0.15, 0.2) is 14.7 Å². The summed E-state index contributed by atoms with van der Waals surface area (Å²) in [4.78, 5) is 13.6. The molecule has 0 saturated carbocycles. The largest absolute Gasteiger partial charge is 0.565 e. The minimum absolute atomic E-state index is 0.129. The topological polar surface area (TPSA) is 60.4 Å². The third-order valence-electron chi connectivity index (χ3n) is 9.25. The minimum atomic E-state index is -2.08. The van der Waals surface area contributed by atoms with E-state index in [1.165, 1.54) is 116 Å². The first-order chi connectivity index (χ1) is 24.2. The van der Waals surface area contributed by atoms with Crippen LogP contribution in [0.2, 0.25) is 0 Å². The van der Waals surface area contributed by atoms with Gasteiger partial charge in [-0.3, -0.25) is 0 Å². The van der Waals surface area contributed by atoms with Crippen LogP contribution in [-0.4, -0.2) is 11.3 Å². The Bertz CT molecular complexity index is 1210.